The van der Waals surface area contributed by atoms with Gasteiger partial charge in [-0.15, -0.1) is 0 Å². The number of ether oxygens (including phenoxy) is 6. The molecule has 0 amide bonds. The van der Waals surface area contributed by atoms with Gasteiger partial charge in [0.25, 0.3) is 22.5 Å². The first-order valence-electron chi connectivity index (χ1n) is 18.6. The average molecular weight is 868 g/mol. The van der Waals surface area contributed by atoms with Gasteiger partial charge < -0.3 is 58.9 Å². The molecule has 0 aliphatic carbocycles. The number of hydrogen-bond donors (Lipinski definition) is 6. The Hall–Kier alpha value is -6.39. The summed E-state index contributed by atoms with van der Waals surface area (Å²) >= 11 is 0. The summed E-state index contributed by atoms with van der Waals surface area (Å²) in [5.41, 5.74) is 4.49. The van der Waals surface area contributed by atoms with Crippen molar-refractivity contribution < 1.29 is 28.4 Å². The summed E-state index contributed by atoms with van der Waals surface area (Å²) in [4.78, 5) is 0. The molecule has 7 rings (SSSR count). The Bertz CT molecular complexity index is 2070. The first-order valence-corrected chi connectivity index (χ1v) is 23.7. The molecule has 0 aromatic heterocycles. The van der Waals surface area contributed by atoms with Crippen molar-refractivity contribution in [1.82, 2.24) is 0 Å². The minimum absolute atomic E-state index is 0.706. The van der Waals surface area contributed by atoms with Crippen LogP contribution in [-0.4, -0.2) is 42.7 Å². The Kier molecular flexibility index (Phi) is 13.0. The maximum absolute atomic E-state index is 5.76. The largest absolute Gasteiger partial charge is 0.497 e. The molecule has 0 radical (unpaired) electrons. The maximum Gasteiger partial charge on any atom is 0.268 e. The molecule has 6 aromatic rings. The van der Waals surface area contributed by atoms with E-state index >= 15 is 0 Å². The van der Waals surface area contributed by atoms with Gasteiger partial charge in [-0.2, -0.15) is 13.5 Å². The van der Waals surface area contributed by atoms with Gasteiger partial charge in [0, 0.05) is 34.1 Å². The summed E-state index contributed by atoms with van der Waals surface area (Å²) in [6.07, 6.45) is 0. The first kappa shape index (κ1) is 41.8. The maximum atomic E-state index is 5.76. The molecule has 6 aromatic carbocycles. The van der Waals surface area contributed by atoms with Crippen molar-refractivity contribution >= 4 is 56.6 Å². The normalized spacial score (nSPS) is 14.3. The average Bonchev–Trinajstić information content (AvgIpc) is 3.27. The third-order valence-corrected chi connectivity index (χ3v) is 18.7. The Labute approximate surface area is 350 Å². The van der Waals surface area contributed by atoms with Gasteiger partial charge in [0.1, 0.15) is 34.5 Å². The highest BCUT2D eigenvalue weighted by atomic mass is 31.3. The Morgan fingerprint density at radius 1 is 0.250 bits per heavy atom. The first-order chi connectivity index (χ1) is 29.2. The van der Waals surface area contributed by atoms with Crippen LogP contribution in [0.1, 0.15) is 0 Å². The van der Waals surface area contributed by atoms with Crippen LogP contribution >= 0.6 is 22.5 Å². The molecular weight excluding hydrogens is 819 g/mol. The van der Waals surface area contributed by atoms with Crippen LogP contribution in [0.4, 0.5) is 34.1 Å². The molecule has 18 heteroatoms. The molecule has 0 saturated carbocycles. The fourth-order valence-electron chi connectivity index (χ4n) is 6.04. The lowest BCUT2D eigenvalue weighted by molar-refractivity contribution is 0.415. The van der Waals surface area contributed by atoms with Crippen LogP contribution in [0.3, 0.4) is 0 Å². The molecule has 312 valence electrons. The number of hydrogen-bond acceptors (Lipinski definition) is 15. The Morgan fingerprint density at radius 2 is 0.383 bits per heavy atom. The number of nitrogens with one attached hydrogen (secondary N) is 6. The summed E-state index contributed by atoms with van der Waals surface area (Å²) in [6, 6.07) is 46.0. The summed E-state index contributed by atoms with van der Waals surface area (Å²) in [5, 5.41) is 22.7. The number of benzene rings is 6. The van der Waals surface area contributed by atoms with Gasteiger partial charge in [0.05, 0.1) is 42.7 Å². The van der Waals surface area contributed by atoms with Crippen LogP contribution in [0.25, 0.3) is 0 Å². The van der Waals surface area contributed by atoms with E-state index in [2.05, 4.69) is 30.5 Å². The van der Waals surface area contributed by atoms with E-state index in [-0.39, 0.29) is 0 Å². The molecule has 0 fully saturated rings. The molecule has 1 heterocycles. The zero-order chi connectivity index (χ0) is 42.0. The molecule has 1 aliphatic heterocycles. The van der Waals surface area contributed by atoms with Crippen molar-refractivity contribution in [3.8, 4) is 34.5 Å². The Balaban J connectivity index is 1.55. The molecular formula is C42H48N9O6P3. The highest BCUT2D eigenvalue weighted by Gasteiger charge is 2.39. The zero-order valence-electron chi connectivity index (χ0n) is 34.0. The molecule has 0 saturated heterocycles. The van der Waals surface area contributed by atoms with Crippen LogP contribution in [-0.2, 0) is 0 Å². The third kappa shape index (κ3) is 10.2. The van der Waals surface area contributed by atoms with E-state index in [1.807, 2.05) is 146 Å². The number of anilines is 6. The van der Waals surface area contributed by atoms with E-state index < -0.39 is 22.5 Å². The minimum Gasteiger partial charge on any atom is -0.497 e. The predicted octanol–water partition coefficient (Wildman–Crippen LogP) is 12.6. The van der Waals surface area contributed by atoms with E-state index in [1.54, 1.807) is 42.7 Å². The van der Waals surface area contributed by atoms with Crippen molar-refractivity contribution in [2.24, 2.45) is 13.5 Å². The molecule has 6 N–H and O–H groups in total. The molecule has 0 unspecified atom stereocenters. The van der Waals surface area contributed by atoms with Crippen LogP contribution in [0.15, 0.2) is 159 Å². The number of nitrogens with zero attached hydrogens (tertiary/aromatic N) is 3. The second kappa shape index (κ2) is 18.7. The van der Waals surface area contributed by atoms with Crippen LogP contribution in [0, 0.1) is 0 Å². The smallest absolute Gasteiger partial charge is 0.268 e. The van der Waals surface area contributed by atoms with E-state index in [4.69, 9.17) is 42.0 Å². The molecule has 0 atom stereocenters. The van der Waals surface area contributed by atoms with Gasteiger partial charge in [-0.3, -0.25) is 0 Å². The van der Waals surface area contributed by atoms with Crippen molar-refractivity contribution in [2.75, 3.05) is 73.2 Å². The third-order valence-electron chi connectivity index (χ3n) is 9.03. The second-order valence-electron chi connectivity index (χ2n) is 13.1. The van der Waals surface area contributed by atoms with Crippen molar-refractivity contribution in [3.05, 3.63) is 146 Å². The van der Waals surface area contributed by atoms with Gasteiger partial charge in [-0.05, 0) is 146 Å². The van der Waals surface area contributed by atoms with Gasteiger partial charge in [0.15, 0.2) is 0 Å². The summed E-state index contributed by atoms with van der Waals surface area (Å²) in [7, 11) is -0.402. The SMILES string of the molecule is COc1ccc(NP2(Nc3ccc(OC)cc3)=NP(Nc3ccc(OC)cc3)(Nc3ccc(OC)cc3)=NP(Nc3ccc(OC)cc3)(Nc3ccc(OC)cc3)=N2)cc1. The van der Waals surface area contributed by atoms with E-state index in [0.717, 1.165) is 34.1 Å². The molecule has 60 heavy (non-hydrogen) atoms. The van der Waals surface area contributed by atoms with Crippen LogP contribution in [0.5, 0.6) is 34.5 Å². The van der Waals surface area contributed by atoms with Crippen molar-refractivity contribution in [1.29, 1.82) is 0 Å². The van der Waals surface area contributed by atoms with E-state index in [9.17, 15) is 0 Å². The van der Waals surface area contributed by atoms with Gasteiger partial charge in [0.2, 0.25) is 0 Å². The second-order valence-corrected chi connectivity index (χ2v) is 20.2. The summed E-state index contributed by atoms with van der Waals surface area (Å²) < 4.78 is 50.4. The standard InChI is InChI=1S/C42H48N9O6P3/c1-52-37-19-7-31(8-20-37)43-58(44-32-9-21-38(53-2)22-10-32)49-59(45-33-11-23-39(54-3)24-12-33,46-34-13-25-40(55-4)26-14-34)51-60(50-58,47-35-15-27-41(56-5)28-16-35)48-36-17-29-42(57-6)30-18-36/h7-30,43-48H,1-6H3. The van der Waals surface area contributed by atoms with Crippen LogP contribution < -0.4 is 58.9 Å². The Morgan fingerprint density at radius 3 is 0.500 bits per heavy atom. The highest BCUT2D eigenvalue weighted by Crippen LogP contribution is 2.76. The van der Waals surface area contributed by atoms with Gasteiger partial charge in [-0.25, -0.2) is 0 Å². The summed E-state index contributed by atoms with van der Waals surface area (Å²) in [6.45, 7) is 0. The quantitative estimate of drug-likeness (QED) is 0.0454. The fraction of sp³-hybridized carbons (Fsp3) is 0.143. The molecule has 15 nitrogen and oxygen atoms in total. The lowest BCUT2D eigenvalue weighted by atomic mass is 10.3. The molecule has 0 spiro atoms. The lowest BCUT2D eigenvalue weighted by Crippen LogP contribution is -2.16. The minimum atomic E-state index is -3.41. The van der Waals surface area contributed by atoms with Crippen molar-refractivity contribution in [2.45, 2.75) is 0 Å². The topological polar surface area (TPSA) is 165 Å². The molecule has 1 aliphatic rings. The molecule has 0 bridgehead atoms. The van der Waals surface area contributed by atoms with E-state index in [1.165, 1.54) is 0 Å². The highest BCUT2D eigenvalue weighted by molar-refractivity contribution is 7.89. The zero-order valence-corrected chi connectivity index (χ0v) is 36.7. The van der Waals surface area contributed by atoms with Gasteiger partial charge in [-0.1, -0.05) is 0 Å². The monoisotopic (exact) mass is 867 g/mol. The number of methoxy groups -OCH3 is 6. The van der Waals surface area contributed by atoms with Gasteiger partial charge >= 0.3 is 0 Å². The predicted molar refractivity (Wildman–Crippen MR) is 248 cm³/mol. The fourth-order valence-corrected chi connectivity index (χ4v) is 17.3. The van der Waals surface area contributed by atoms with Crippen molar-refractivity contribution in [3.63, 3.8) is 0 Å². The lowest BCUT2D eigenvalue weighted by Gasteiger charge is -2.38. The van der Waals surface area contributed by atoms with Crippen LogP contribution in [0.2, 0.25) is 0 Å². The van der Waals surface area contributed by atoms with E-state index in [0.29, 0.717) is 34.5 Å². The number of rotatable bonds is 18. The summed E-state index contributed by atoms with van der Waals surface area (Å²) in [5.74, 6) is 4.23.